The number of para-hydroxylation sites is 2. The third-order valence-corrected chi connectivity index (χ3v) is 18.0. The molecule has 3 aromatic heterocycles. The summed E-state index contributed by atoms with van der Waals surface area (Å²) in [5.41, 5.74) is 2.18. The summed E-state index contributed by atoms with van der Waals surface area (Å²) in [6.07, 6.45) is 4.82. The molecule has 9 atom stereocenters. The number of nitrogens with zero attached hydrogens (tertiary/aromatic N) is 1. The number of hydrogen-bond acceptors (Lipinski definition) is 15. The molecule has 0 saturated carbocycles. The van der Waals surface area contributed by atoms with Gasteiger partial charge in [-0.3, -0.25) is 57.5 Å². The van der Waals surface area contributed by atoms with Crippen LogP contribution in [0.25, 0.3) is 21.8 Å². The van der Waals surface area contributed by atoms with Gasteiger partial charge in [0, 0.05) is 89.4 Å². The minimum atomic E-state index is -1.57. The average Bonchev–Trinajstić information content (AvgIpc) is 1.63. The second kappa shape index (κ2) is 35.0. The smallest absolute Gasteiger partial charge is 0.303 e. The second-order valence-corrected chi connectivity index (χ2v) is 28.4. The van der Waals surface area contributed by atoms with E-state index >= 15 is 0 Å². The fourth-order valence-corrected chi connectivity index (χ4v) is 12.7. The Bertz CT molecular complexity index is 3490. The van der Waals surface area contributed by atoms with Crippen molar-refractivity contribution in [2.24, 2.45) is 23.2 Å². The molecule has 14 N–H and O–H groups in total. The normalized spacial score (nSPS) is 23.4. The molecule has 29 heteroatoms. The Morgan fingerprint density at radius 1 is 0.564 bits per heavy atom. The number of rotatable bonds is 15. The van der Waals surface area contributed by atoms with Crippen molar-refractivity contribution in [3.05, 3.63) is 90.3 Å². The molecule has 5 aromatic rings. The highest BCUT2D eigenvalue weighted by molar-refractivity contribution is 8.76. The molecule has 1 unspecified atom stereocenters. The van der Waals surface area contributed by atoms with E-state index in [2.05, 4.69) is 73.1 Å². The molecule has 94 heavy (non-hydrogen) atoms. The molecule has 6 rings (SSSR count). The number of aromatic nitrogens is 4. The van der Waals surface area contributed by atoms with Crippen LogP contribution in [0, 0.1) is 23.2 Å². The predicted molar refractivity (Wildman–Crippen MR) is 357 cm³/mol. The lowest BCUT2D eigenvalue weighted by Gasteiger charge is -2.30. The zero-order valence-corrected chi connectivity index (χ0v) is 56.4. The standard InChI is InChI=1S/C65H90N14O13S2/c1-34(2)23-46-58(86)69-31-53(81)72-45(19-20-54(82)83)59(87)75-47(24-35(3)4)63(91)79-55(36(5)6)64(92)77-49(26-39-29-68-44-18-14-12-16-42(39)44)61(89)78-51(56(84)65(8,9)10)32-94-93-22-21-52(80)71-37(7)57(85)73-48(25-38-28-67-43-17-13-11-15-41(38)43)60(88)76-50(62(90)74-46)27-40-30-66-33-70-40/h11-18,28-30,33-37,45-51,55,67-68H,19-27,31-32H2,1-10H3,(H,66,70)(H,69,86)(H,71,80)(H,72,81)(H,73,85)(H,74,90)(H,75,87)(H,76,88)(H,77,92)(H,78,89)(H,79,91)(H,82,83)/t37-,45-,46-,47-,48-,49-,50-,51-,55?/m0/s1. The first-order valence-electron chi connectivity index (χ1n) is 31.5. The summed E-state index contributed by atoms with van der Waals surface area (Å²) in [6.45, 7) is 16.2. The average molecular weight is 1340 g/mol. The van der Waals surface area contributed by atoms with Gasteiger partial charge in [0.1, 0.15) is 48.3 Å². The maximum Gasteiger partial charge on any atom is 0.303 e. The number of Topliss-reactive ketones (excluding diaryl/α,β-unsaturated/α-hetero) is 1. The van der Waals surface area contributed by atoms with Crippen molar-refractivity contribution in [2.45, 2.75) is 175 Å². The summed E-state index contributed by atoms with van der Waals surface area (Å²) in [4.78, 5) is 182. The van der Waals surface area contributed by atoms with Gasteiger partial charge in [-0.1, -0.05) is 120 Å². The Morgan fingerprint density at radius 2 is 1.06 bits per heavy atom. The number of aliphatic carboxylic acids is 1. The third-order valence-electron chi connectivity index (χ3n) is 15.6. The molecular weight excluding hydrogens is 1250 g/mol. The van der Waals surface area contributed by atoms with Crippen molar-refractivity contribution in [3.63, 3.8) is 0 Å². The molecule has 4 heterocycles. The molecule has 0 bridgehead atoms. The summed E-state index contributed by atoms with van der Waals surface area (Å²) in [6, 6.07) is 2.70. The lowest BCUT2D eigenvalue weighted by atomic mass is 9.87. The Balaban J connectivity index is 1.34. The van der Waals surface area contributed by atoms with E-state index in [0.29, 0.717) is 16.8 Å². The number of aromatic amines is 3. The summed E-state index contributed by atoms with van der Waals surface area (Å²) in [5.74, 6) is -10.4. The maximum absolute atomic E-state index is 14.8. The van der Waals surface area contributed by atoms with Crippen LogP contribution in [0.4, 0.5) is 0 Å². The van der Waals surface area contributed by atoms with Crippen molar-refractivity contribution in [3.8, 4) is 0 Å². The van der Waals surface area contributed by atoms with Crippen molar-refractivity contribution in [1.29, 1.82) is 0 Å². The summed E-state index contributed by atoms with van der Waals surface area (Å²) < 4.78 is 0. The zero-order chi connectivity index (χ0) is 69.0. The maximum atomic E-state index is 14.8. The first kappa shape index (κ1) is 74.3. The van der Waals surface area contributed by atoms with E-state index in [1.54, 1.807) is 74.7 Å². The van der Waals surface area contributed by atoms with Gasteiger partial charge in [-0.2, -0.15) is 0 Å². The van der Waals surface area contributed by atoms with Gasteiger partial charge in [0.15, 0.2) is 5.78 Å². The lowest BCUT2D eigenvalue weighted by Crippen LogP contribution is -2.61. The van der Waals surface area contributed by atoms with E-state index in [1.165, 1.54) is 41.0 Å². The Labute approximate surface area is 553 Å². The molecule has 510 valence electrons. The van der Waals surface area contributed by atoms with Crippen LogP contribution in [-0.2, 0) is 76.8 Å². The van der Waals surface area contributed by atoms with E-state index in [-0.39, 0.29) is 67.6 Å². The van der Waals surface area contributed by atoms with Crippen molar-refractivity contribution in [1.82, 2.24) is 73.1 Å². The summed E-state index contributed by atoms with van der Waals surface area (Å²) >= 11 is 0. The molecule has 0 radical (unpaired) electrons. The number of imidazole rings is 1. The Morgan fingerprint density at radius 3 is 1.60 bits per heavy atom. The largest absolute Gasteiger partial charge is 0.481 e. The fraction of sp³-hybridized carbons (Fsp3) is 0.523. The number of carbonyl (C=O) groups excluding carboxylic acids is 11. The first-order chi connectivity index (χ1) is 44.5. The molecule has 1 saturated heterocycles. The highest BCUT2D eigenvalue weighted by atomic mass is 33.1. The number of ketones is 1. The van der Waals surface area contributed by atoms with Crippen LogP contribution in [0.5, 0.6) is 0 Å². The van der Waals surface area contributed by atoms with Crippen molar-refractivity contribution >= 4 is 114 Å². The minimum Gasteiger partial charge on any atom is -0.481 e. The highest BCUT2D eigenvalue weighted by Crippen LogP contribution is 2.27. The SMILES string of the molecule is CC(C)C[C@@H]1NC(=O)[C@H](Cc2c[nH]cn2)NC(=O)[C@H](Cc2c[nH]c3ccccc23)NC(=O)[C@H](C)NC(=O)CCSSC[C@@H](C(=O)C(C)(C)C)NC(=O)[C@H](Cc2c[nH]c3ccccc23)NC(=O)C(C(C)C)NC(=O)[C@H](CC(C)C)NC(=O)[C@H](CCC(=O)O)NC(=O)CNC1=O. The molecule has 0 spiro atoms. The Hall–Kier alpha value is -8.73. The lowest BCUT2D eigenvalue weighted by molar-refractivity contribution is -0.138. The Kier molecular flexibility index (Phi) is 27.6. The van der Waals surface area contributed by atoms with Crippen LogP contribution in [0.1, 0.15) is 118 Å². The number of hydrogen-bond donors (Lipinski definition) is 14. The van der Waals surface area contributed by atoms with Crippen LogP contribution < -0.4 is 53.2 Å². The minimum absolute atomic E-state index is 0.00844. The number of nitrogens with one attached hydrogen (secondary N) is 13. The van der Waals surface area contributed by atoms with Gasteiger partial charge < -0.3 is 73.2 Å². The molecular formula is C65H90N14O13S2. The monoisotopic (exact) mass is 1340 g/mol. The van der Waals surface area contributed by atoms with E-state index < -0.39 is 150 Å². The number of fused-ring (bicyclic) bond motifs is 2. The number of carbonyl (C=O) groups is 12. The highest BCUT2D eigenvalue weighted by Gasteiger charge is 2.38. The molecule has 1 aliphatic rings. The van der Waals surface area contributed by atoms with Gasteiger partial charge in [-0.15, -0.1) is 0 Å². The summed E-state index contributed by atoms with van der Waals surface area (Å²) in [7, 11) is 2.46. The van der Waals surface area contributed by atoms with E-state index in [1.807, 2.05) is 48.5 Å². The third kappa shape index (κ3) is 22.5. The second-order valence-electron chi connectivity index (χ2n) is 25.8. The van der Waals surface area contributed by atoms with Crippen molar-refractivity contribution < 1.29 is 62.6 Å². The van der Waals surface area contributed by atoms with Crippen LogP contribution in [0.2, 0.25) is 0 Å². The van der Waals surface area contributed by atoms with Crippen LogP contribution >= 0.6 is 21.6 Å². The van der Waals surface area contributed by atoms with Crippen LogP contribution in [-0.4, -0.2) is 168 Å². The van der Waals surface area contributed by atoms with E-state index in [4.69, 9.17) is 0 Å². The van der Waals surface area contributed by atoms with Gasteiger partial charge in [0.05, 0.1) is 24.6 Å². The number of benzene rings is 2. The molecule has 27 nitrogen and oxygen atoms in total. The van der Waals surface area contributed by atoms with Crippen LogP contribution in [0.15, 0.2) is 73.4 Å². The first-order valence-corrected chi connectivity index (χ1v) is 34.0. The number of carboxylic acid groups (broad SMARTS) is 1. The van der Waals surface area contributed by atoms with Gasteiger partial charge in [0.25, 0.3) is 0 Å². The molecule has 1 aliphatic heterocycles. The van der Waals surface area contributed by atoms with E-state index in [0.717, 1.165) is 21.8 Å². The van der Waals surface area contributed by atoms with Gasteiger partial charge in [0.2, 0.25) is 59.1 Å². The number of carboxylic acids is 1. The zero-order valence-electron chi connectivity index (χ0n) is 54.7. The fourth-order valence-electron chi connectivity index (χ4n) is 10.6. The number of H-pyrrole nitrogens is 3. The predicted octanol–water partition coefficient (Wildman–Crippen LogP) is 2.91. The topological polar surface area (TPSA) is 406 Å². The van der Waals surface area contributed by atoms with Gasteiger partial charge >= 0.3 is 5.97 Å². The molecule has 1 fully saturated rings. The van der Waals surface area contributed by atoms with Gasteiger partial charge in [-0.05, 0) is 67.2 Å². The molecule has 2 aromatic carbocycles. The van der Waals surface area contributed by atoms with Crippen molar-refractivity contribution in [2.75, 3.05) is 18.1 Å². The quantitative estimate of drug-likeness (QED) is 0.0670. The molecule has 0 aliphatic carbocycles. The number of amides is 10. The summed E-state index contributed by atoms with van der Waals surface area (Å²) in [5, 5.41) is 38.2. The van der Waals surface area contributed by atoms with E-state index in [9.17, 15) is 62.6 Å². The van der Waals surface area contributed by atoms with Gasteiger partial charge in [-0.25, -0.2) is 4.98 Å². The van der Waals surface area contributed by atoms with Crippen LogP contribution in [0.3, 0.4) is 0 Å². The molecule has 10 amide bonds.